The van der Waals surface area contributed by atoms with Crippen LogP contribution in [0, 0.1) is 11.8 Å². The van der Waals surface area contributed by atoms with Gasteiger partial charge in [0, 0.05) is 18.6 Å². The van der Waals surface area contributed by atoms with Crippen molar-refractivity contribution in [1.29, 1.82) is 0 Å². The van der Waals surface area contributed by atoms with Crippen LogP contribution in [0.3, 0.4) is 0 Å². The van der Waals surface area contributed by atoms with Crippen molar-refractivity contribution in [3.05, 3.63) is 29.8 Å². The molecule has 0 aliphatic carbocycles. The van der Waals surface area contributed by atoms with Gasteiger partial charge in [0.2, 0.25) is 5.91 Å². The number of amides is 1. The van der Waals surface area contributed by atoms with E-state index >= 15 is 0 Å². The van der Waals surface area contributed by atoms with E-state index in [0.29, 0.717) is 17.7 Å². The lowest BCUT2D eigenvalue weighted by Gasteiger charge is -2.10. The Morgan fingerprint density at radius 3 is 3.05 bits per heavy atom. The maximum atomic E-state index is 11.9. The van der Waals surface area contributed by atoms with E-state index in [1.165, 1.54) is 0 Å². The van der Waals surface area contributed by atoms with Crippen LogP contribution < -0.4 is 5.32 Å². The number of hydrogen-bond donors (Lipinski definition) is 2. The molecule has 0 saturated carbocycles. The predicted octanol–water partition coefficient (Wildman–Crippen LogP) is 1.93. The molecule has 1 saturated heterocycles. The van der Waals surface area contributed by atoms with Gasteiger partial charge >= 0.3 is 0 Å². The molecule has 1 fully saturated rings. The van der Waals surface area contributed by atoms with E-state index in [1.54, 1.807) is 0 Å². The van der Waals surface area contributed by atoms with Gasteiger partial charge in [0.1, 0.15) is 6.61 Å². The Labute approximate surface area is 119 Å². The van der Waals surface area contributed by atoms with Crippen LogP contribution >= 0.6 is 0 Å². The monoisotopic (exact) mass is 273 g/mol. The first-order valence-electron chi connectivity index (χ1n) is 6.90. The fourth-order valence-corrected chi connectivity index (χ4v) is 2.21. The summed E-state index contributed by atoms with van der Waals surface area (Å²) in [4.78, 5) is 11.9. The van der Waals surface area contributed by atoms with Crippen molar-refractivity contribution in [3.63, 3.8) is 0 Å². The van der Waals surface area contributed by atoms with E-state index < -0.39 is 0 Å². The lowest BCUT2D eigenvalue weighted by Crippen LogP contribution is -2.15. The molecule has 0 aromatic heterocycles. The average Bonchev–Trinajstić information content (AvgIpc) is 2.97. The summed E-state index contributed by atoms with van der Waals surface area (Å²) in [6.45, 7) is 0.618. The maximum Gasteiger partial charge on any atom is 0.224 e. The summed E-state index contributed by atoms with van der Waals surface area (Å²) in [7, 11) is 0. The third-order valence-corrected chi connectivity index (χ3v) is 3.22. The minimum Gasteiger partial charge on any atom is -0.384 e. The molecule has 0 bridgehead atoms. The summed E-state index contributed by atoms with van der Waals surface area (Å²) < 4.78 is 5.50. The smallest absolute Gasteiger partial charge is 0.224 e. The Kier molecular flexibility index (Phi) is 5.60. The highest BCUT2D eigenvalue weighted by Gasteiger charge is 2.16. The summed E-state index contributed by atoms with van der Waals surface area (Å²) in [5, 5.41) is 11.6. The predicted molar refractivity (Wildman–Crippen MR) is 77.2 cm³/mol. The normalized spacial score (nSPS) is 17.4. The Balaban J connectivity index is 1.90. The number of aliphatic hydroxyl groups excluding tert-OH is 1. The van der Waals surface area contributed by atoms with Gasteiger partial charge in [-0.05, 0) is 31.4 Å². The van der Waals surface area contributed by atoms with E-state index in [1.807, 2.05) is 24.3 Å². The quantitative estimate of drug-likeness (QED) is 0.824. The maximum absolute atomic E-state index is 11.9. The largest absolute Gasteiger partial charge is 0.384 e. The van der Waals surface area contributed by atoms with Gasteiger partial charge in [0.25, 0.3) is 0 Å². The van der Waals surface area contributed by atoms with Gasteiger partial charge in [0.15, 0.2) is 0 Å². The lowest BCUT2D eigenvalue weighted by molar-refractivity contribution is -0.116. The van der Waals surface area contributed by atoms with Crippen LogP contribution in [0.5, 0.6) is 0 Å². The average molecular weight is 273 g/mol. The first-order valence-corrected chi connectivity index (χ1v) is 6.90. The van der Waals surface area contributed by atoms with Crippen molar-refractivity contribution in [2.75, 3.05) is 18.5 Å². The zero-order valence-corrected chi connectivity index (χ0v) is 11.4. The molecule has 1 aliphatic rings. The number of carbonyl (C=O) groups excluding carboxylic acids is 1. The number of hydrogen-bond acceptors (Lipinski definition) is 3. The highest BCUT2D eigenvalue weighted by atomic mass is 16.5. The number of anilines is 1. The van der Waals surface area contributed by atoms with E-state index in [9.17, 15) is 4.79 Å². The van der Waals surface area contributed by atoms with Gasteiger partial charge in [-0.25, -0.2) is 0 Å². The SMILES string of the molecule is O=C(CCC1CCCO1)Nc1ccccc1C#CCO. The Bertz CT molecular complexity index is 510. The molecule has 1 atom stereocenters. The van der Waals surface area contributed by atoms with Crippen molar-refractivity contribution < 1.29 is 14.6 Å². The van der Waals surface area contributed by atoms with Crippen LogP contribution in [0.1, 0.15) is 31.2 Å². The van der Waals surface area contributed by atoms with Gasteiger partial charge in [0.05, 0.1) is 11.8 Å². The molecular weight excluding hydrogens is 254 g/mol. The Morgan fingerprint density at radius 2 is 2.30 bits per heavy atom. The highest BCUT2D eigenvalue weighted by Crippen LogP contribution is 2.18. The summed E-state index contributed by atoms with van der Waals surface area (Å²) in [6, 6.07) is 7.33. The molecule has 4 heteroatoms. The first-order chi connectivity index (χ1) is 9.79. The summed E-state index contributed by atoms with van der Waals surface area (Å²) in [5.41, 5.74) is 1.40. The van der Waals surface area contributed by atoms with E-state index in [0.717, 1.165) is 25.9 Å². The summed E-state index contributed by atoms with van der Waals surface area (Å²) in [5.74, 6) is 5.39. The number of aliphatic hydroxyl groups is 1. The molecule has 1 aromatic carbocycles. The molecule has 1 unspecified atom stereocenters. The molecular formula is C16H19NO3. The number of carbonyl (C=O) groups is 1. The van der Waals surface area contributed by atoms with Crippen molar-refractivity contribution >= 4 is 11.6 Å². The molecule has 0 spiro atoms. The number of rotatable bonds is 4. The van der Waals surface area contributed by atoms with Crippen LogP contribution in [0.25, 0.3) is 0 Å². The van der Waals surface area contributed by atoms with Crippen LogP contribution in [0.15, 0.2) is 24.3 Å². The molecule has 20 heavy (non-hydrogen) atoms. The van der Waals surface area contributed by atoms with Gasteiger partial charge in [-0.15, -0.1) is 0 Å². The standard InChI is InChI=1S/C16H19NO3/c18-11-3-6-13-5-1-2-8-15(13)17-16(19)10-9-14-7-4-12-20-14/h1-2,5,8,14,18H,4,7,9-12H2,(H,17,19). The van der Waals surface area contributed by atoms with Crippen LogP contribution in [-0.2, 0) is 9.53 Å². The molecule has 1 aliphatic heterocycles. The van der Waals surface area contributed by atoms with Crippen molar-refractivity contribution in [1.82, 2.24) is 0 Å². The second kappa shape index (κ2) is 7.68. The molecule has 1 heterocycles. The minimum atomic E-state index is -0.193. The van der Waals surface area contributed by atoms with Gasteiger partial charge in [-0.2, -0.15) is 0 Å². The fourth-order valence-electron chi connectivity index (χ4n) is 2.21. The zero-order valence-electron chi connectivity index (χ0n) is 11.4. The first kappa shape index (κ1) is 14.6. The Morgan fingerprint density at radius 1 is 1.45 bits per heavy atom. The number of nitrogens with one attached hydrogen (secondary N) is 1. The minimum absolute atomic E-state index is 0.0289. The van der Waals surface area contributed by atoms with Crippen LogP contribution in [0.2, 0.25) is 0 Å². The molecule has 4 nitrogen and oxygen atoms in total. The third-order valence-electron chi connectivity index (χ3n) is 3.22. The van der Waals surface area contributed by atoms with Gasteiger partial charge < -0.3 is 15.2 Å². The fraction of sp³-hybridized carbons (Fsp3) is 0.438. The van der Waals surface area contributed by atoms with E-state index in [2.05, 4.69) is 17.2 Å². The topological polar surface area (TPSA) is 58.6 Å². The summed E-state index contributed by atoms with van der Waals surface area (Å²) in [6.07, 6.45) is 3.57. The number of ether oxygens (including phenoxy) is 1. The molecule has 2 rings (SSSR count). The van der Waals surface area contributed by atoms with Crippen molar-refractivity contribution in [3.8, 4) is 11.8 Å². The van der Waals surface area contributed by atoms with Gasteiger partial charge in [-0.1, -0.05) is 24.0 Å². The van der Waals surface area contributed by atoms with Gasteiger partial charge in [-0.3, -0.25) is 4.79 Å². The molecule has 1 amide bonds. The van der Waals surface area contributed by atoms with E-state index in [-0.39, 0.29) is 18.6 Å². The zero-order chi connectivity index (χ0) is 14.2. The second-order valence-electron chi connectivity index (χ2n) is 4.73. The van der Waals surface area contributed by atoms with Crippen molar-refractivity contribution in [2.45, 2.75) is 31.8 Å². The molecule has 1 aromatic rings. The third kappa shape index (κ3) is 4.37. The summed E-state index contributed by atoms with van der Waals surface area (Å²) >= 11 is 0. The molecule has 2 N–H and O–H groups in total. The Hall–Kier alpha value is -1.83. The number of para-hydroxylation sites is 1. The van der Waals surface area contributed by atoms with Crippen LogP contribution in [-0.4, -0.2) is 30.3 Å². The second-order valence-corrected chi connectivity index (χ2v) is 4.73. The van der Waals surface area contributed by atoms with E-state index in [4.69, 9.17) is 9.84 Å². The molecule has 106 valence electrons. The van der Waals surface area contributed by atoms with Crippen LogP contribution in [0.4, 0.5) is 5.69 Å². The lowest BCUT2D eigenvalue weighted by atomic mass is 10.1. The highest BCUT2D eigenvalue weighted by molar-refractivity contribution is 5.92. The van der Waals surface area contributed by atoms with Crippen molar-refractivity contribution in [2.24, 2.45) is 0 Å². The molecule has 0 radical (unpaired) electrons. The number of benzene rings is 1.